The van der Waals surface area contributed by atoms with Crippen LogP contribution in [0.3, 0.4) is 0 Å². The zero-order chi connectivity index (χ0) is 9.97. The van der Waals surface area contributed by atoms with Gasteiger partial charge >= 0.3 is 4.99 Å². The molecular formula is C11H10NOS+. The van der Waals surface area contributed by atoms with Crippen molar-refractivity contribution in [2.24, 2.45) is 0 Å². The van der Waals surface area contributed by atoms with Gasteiger partial charge in [0.25, 0.3) is 0 Å². The number of aryl methyl sites for hydroxylation is 1. The number of nitrogens with zero attached hydrogens (tertiary/aromatic N) is 1. The van der Waals surface area contributed by atoms with Crippen molar-refractivity contribution in [3.8, 4) is 0 Å². The van der Waals surface area contributed by atoms with Gasteiger partial charge in [-0.2, -0.15) is 4.57 Å². The highest BCUT2D eigenvalue weighted by Crippen LogP contribution is 2.01. The number of aromatic nitrogens is 1. The average molecular weight is 204 g/mol. The summed E-state index contributed by atoms with van der Waals surface area (Å²) in [5.74, 6) is 0.718. The molecule has 14 heavy (non-hydrogen) atoms. The lowest BCUT2D eigenvalue weighted by molar-refractivity contribution is -0.551. The van der Waals surface area contributed by atoms with E-state index in [-0.39, 0.29) is 0 Å². The second kappa shape index (κ2) is 3.72. The Bertz CT molecular complexity index is 448. The predicted molar refractivity (Wildman–Crippen MR) is 57.2 cm³/mol. The molecule has 70 valence electrons. The van der Waals surface area contributed by atoms with Crippen LogP contribution in [0, 0.1) is 6.92 Å². The summed E-state index contributed by atoms with van der Waals surface area (Å²) in [4.78, 5) is 0.679. The smallest absolute Gasteiger partial charge is 0.320 e. The van der Waals surface area contributed by atoms with E-state index in [1.807, 2.05) is 48.1 Å². The Morgan fingerprint density at radius 2 is 2.21 bits per heavy atom. The van der Waals surface area contributed by atoms with Gasteiger partial charge in [-0.05, 0) is 37.3 Å². The molecule has 0 saturated heterocycles. The number of hydrogen-bond acceptors (Lipinski definition) is 2. The molecule has 0 spiro atoms. The molecule has 2 heterocycles. The van der Waals surface area contributed by atoms with Crippen LogP contribution in [-0.2, 0) is 0 Å². The van der Waals surface area contributed by atoms with Crippen molar-refractivity contribution in [1.82, 2.24) is 0 Å². The van der Waals surface area contributed by atoms with Crippen LogP contribution in [0.4, 0.5) is 0 Å². The molecule has 2 aromatic heterocycles. The topological polar surface area (TPSA) is 17.0 Å². The minimum absolute atomic E-state index is 0.679. The molecule has 0 fully saturated rings. The Hall–Kier alpha value is -1.48. The maximum atomic E-state index is 5.27. The third kappa shape index (κ3) is 1.72. The van der Waals surface area contributed by atoms with Gasteiger partial charge in [-0.1, -0.05) is 0 Å². The fourth-order valence-electron chi connectivity index (χ4n) is 1.25. The summed E-state index contributed by atoms with van der Waals surface area (Å²) in [5, 5.41) is 0. The third-order valence-corrected chi connectivity index (χ3v) is 2.33. The van der Waals surface area contributed by atoms with Crippen LogP contribution in [0.25, 0.3) is 0 Å². The van der Waals surface area contributed by atoms with Gasteiger partial charge in [0.05, 0.1) is 6.26 Å². The summed E-state index contributed by atoms with van der Waals surface area (Å²) >= 11 is 5.27. The predicted octanol–water partition coefficient (Wildman–Crippen LogP) is 2.10. The lowest BCUT2D eigenvalue weighted by Gasteiger charge is -1.94. The first-order valence-electron chi connectivity index (χ1n) is 4.33. The van der Waals surface area contributed by atoms with Crippen LogP contribution < -0.4 is 4.57 Å². The monoisotopic (exact) mass is 204 g/mol. The minimum Gasteiger partial charge on any atom is -0.457 e. The first kappa shape index (κ1) is 9.09. The molecule has 0 aromatic carbocycles. The molecule has 2 nitrogen and oxygen atoms in total. The Labute approximate surface area is 87.8 Å². The molecule has 0 aliphatic rings. The summed E-state index contributed by atoms with van der Waals surface area (Å²) in [6.45, 7) is 2.03. The maximum Gasteiger partial charge on any atom is 0.320 e. The Balaban J connectivity index is 2.37. The van der Waals surface area contributed by atoms with Crippen LogP contribution in [0.1, 0.15) is 11.3 Å². The van der Waals surface area contributed by atoms with E-state index in [0.29, 0.717) is 4.99 Å². The zero-order valence-corrected chi connectivity index (χ0v) is 8.62. The SMILES string of the molecule is Cc1ccc[n+](C(=S)c2ccco2)c1. The van der Waals surface area contributed by atoms with Gasteiger partial charge in [0.1, 0.15) is 0 Å². The molecule has 0 N–H and O–H groups in total. The second-order valence-corrected chi connectivity index (χ2v) is 3.46. The van der Waals surface area contributed by atoms with E-state index in [1.54, 1.807) is 6.26 Å². The molecule has 3 heteroatoms. The van der Waals surface area contributed by atoms with Gasteiger partial charge in [0.15, 0.2) is 12.4 Å². The summed E-state index contributed by atoms with van der Waals surface area (Å²) < 4.78 is 7.11. The fraction of sp³-hybridized carbons (Fsp3) is 0.0909. The van der Waals surface area contributed by atoms with Crippen molar-refractivity contribution < 1.29 is 8.98 Å². The third-order valence-electron chi connectivity index (χ3n) is 1.91. The van der Waals surface area contributed by atoms with E-state index in [1.165, 1.54) is 5.56 Å². The van der Waals surface area contributed by atoms with E-state index in [2.05, 4.69) is 0 Å². The van der Waals surface area contributed by atoms with Gasteiger partial charge in [-0.25, -0.2) is 0 Å². The standard InChI is InChI=1S/C11H10NOS/c1-9-4-2-6-12(8-9)11(14)10-5-3-7-13-10/h2-8H,1H3/q+1. The van der Waals surface area contributed by atoms with Crippen LogP contribution in [0.5, 0.6) is 0 Å². The highest BCUT2D eigenvalue weighted by Gasteiger charge is 2.14. The second-order valence-electron chi connectivity index (χ2n) is 3.07. The van der Waals surface area contributed by atoms with Crippen molar-refractivity contribution in [2.45, 2.75) is 6.92 Å². The largest absolute Gasteiger partial charge is 0.457 e. The summed E-state index contributed by atoms with van der Waals surface area (Å²) in [6.07, 6.45) is 5.51. The van der Waals surface area contributed by atoms with Gasteiger partial charge in [-0.3, -0.25) is 0 Å². The van der Waals surface area contributed by atoms with E-state index < -0.39 is 0 Å². The van der Waals surface area contributed by atoms with Crippen molar-refractivity contribution in [3.05, 3.63) is 54.2 Å². The first-order chi connectivity index (χ1) is 6.77. The Kier molecular flexibility index (Phi) is 2.41. The van der Waals surface area contributed by atoms with E-state index in [9.17, 15) is 0 Å². The van der Waals surface area contributed by atoms with E-state index in [4.69, 9.17) is 16.6 Å². The van der Waals surface area contributed by atoms with E-state index in [0.717, 1.165) is 5.76 Å². The lowest BCUT2D eigenvalue weighted by atomic mass is 10.3. The molecule has 2 aromatic rings. The molecule has 0 atom stereocenters. The van der Waals surface area contributed by atoms with Crippen LogP contribution >= 0.6 is 12.2 Å². The van der Waals surface area contributed by atoms with E-state index >= 15 is 0 Å². The zero-order valence-electron chi connectivity index (χ0n) is 7.81. The lowest BCUT2D eigenvalue weighted by Crippen LogP contribution is -2.41. The van der Waals surface area contributed by atoms with Gasteiger partial charge in [-0.15, -0.1) is 0 Å². The van der Waals surface area contributed by atoms with Crippen molar-refractivity contribution in [3.63, 3.8) is 0 Å². The van der Waals surface area contributed by atoms with Gasteiger partial charge in [0.2, 0.25) is 5.76 Å². The first-order valence-corrected chi connectivity index (χ1v) is 4.74. The number of furan rings is 1. The van der Waals surface area contributed by atoms with Crippen molar-refractivity contribution >= 4 is 17.2 Å². The molecule has 0 aliphatic heterocycles. The summed E-state index contributed by atoms with van der Waals surface area (Å²) in [7, 11) is 0. The molecule has 0 saturated carbocycles. The average Bonchev–Trinajstić information content (AvgIpc) is 2.69. The summed E-state index contributed by atoms with van der Waals surface area (Å²) in [5.41, 5.74) is 1.17. The molecule has 0 aliphatic carbocycles. The van der Waals surface area contributed by atoms with Crippen molar-refractivity contribution in [1.29, 1.82) is 0 Å². The number of thiocarbonyl (C=S) groups is 1. The van der Waals surface area contributed by atoms with Crippen LogP contribution in [0.2, 0.25) is 0 Å². The molecule has 0 bridgehead atoms. The van der Waals surface area contributed by atoms with Gasteiger partial charge < -0.3 is 4.42 Å². The van der Waals surface area contributed by atoms with Gasteiger partial charge in [0, 0.05) is 11.6 Å². The molecule has 0 amide bonds. The molecule has 0 radical (unpaired) electrons. The maximum absolute atomic E-state index is 5.27. The summed E-state index contributed by atoms with van der Waals surface area (Å²) in [6, 6.07) is 7.68. The van der Waals surface area contributed by atoms with Crippen LogP contribution in [-0.4, -0.2) is 4.99 Å². The normalized spacial score (nSPS) is 10.1. The fourth-order valence-corrected chi connectivity index (χ4v) is 1.48. The Morgan fingerprint density at radius 3 is 2.86 bits per heavy atom. The minimum atomic E-state index is 0.679. The molecular weight excluding hydrogens is 194 g/mol. The number of rotatable bonds is 1. The highest BCUT2D eigenvalue weighted by atomic mass is 32.1. The van der Waals surface area contributed by atoms with Crippen molar-refractivity contribution in [2.75, 3.05) is 0 Å². The number of hydrogen-bond donors (Lipinski definition) is 0. The Morgan fingerprint density at radius 1 is 1.36 bits per heavy atom. The van der Waals surface area contributed by atoms with Crippen LogP contribution in [0.15, 0.2) is 47.3 Å². The highest BCUT2D eigenvalue weighted by molar-refractivity contribution is 7.80. The molecule has 2 rings (SSSR count). The quantitative estimate of drug-likeness (QED) is 0.522. The molecule has 0 unspecified atom stereocenters. The number of pyridine rings is 1.